The van der Waals surface area contributed by atoms with Gasteiger partial charge >= 0.3 is 0 Å². The molecule has 0 aromatic heterocycles. The smallest absolute Gasteiger partial charge is 0.116 e. The van der Waals surface area contributed by atoms with Crippen LogP contribution in [0.1, 0.15) is 25.3 Å². The first-order valence-electron chi connectivity index (χ1n) is 6.32. The highest BCUT2D eigenvalue weighted by atomic mass is 35.5. The van der Waals surface area contributed by atoms with E-state index >= 15 is 0 Å². The van der Waals surface area contributed by atoms with Crippen molar-refractivity contribution in [1.29, 1.82) is 0 Å². The molecule has 1 aliphatic rings. The Morgan fingerprint density at radius 2 is 2.22 bits per heavy atom. The van der Waals surface area contributed by atoms with Crippen LogP contribution in [0.3, 0.4) is 0 Å². The minimum Gasteiger partial charge on any atom is -0.316 e. The molecule has 1 aromatic rings. The number of nitrogens with one attached hydrogen (secondary N) is 1. The molecule has 0 saturated carbocycles. The average molecular weight is 290 g/mol. The molecule has 2 atom stereocenters. The quantitative estimate of drug-likeness (QED) is 0.877. The molecule has 2 rings (SSSR count). The number of halogens is 3. The molecule has 0 spiro atoms. The summed E-state index contributed by atoms with van der Waals surface area (Å²) in [4.78, 5) is 0. The molecule has 0 bridgehead atoms. The van der Waals surface area contributed by atoms with Crippen molar-refractivity contribution in [2.75, 3.05) is 13.1 Å². The van der Waals surface area contributed by atoms with Crippen LogP contribution in [-0.4, -0.2) is 18.8 Å². The molecule has 1 N–H and O–H groups in total. The number of alkyl halides is 1. The van der Waals surface area contributed by atoms with Crippen molar-refractivity contribution in [2.24, 2.45) is 5.92 Å². The second-order valence-corrected chi connectivity index (χ2v) is 6.08. The van der Waals surface area contributed by atoms with E-state index in [9.17, 15) is 4.39 Å². The van der Waals surface area contributed by atoms with E-state index < -0.39 is 5.67 Å². The largest absolute Gasteiger partial charge is 0.316 e. The Kier molecular flexibility index (Phi) is 4.52. The third kappa shape index (κ3) is 3.37. The van der Waals surface area contributed by atoms with E-state index in [1.165, 1.54) is 0 Å². The summed E-state index contributed by atoms with van der Waals surface area (Å²) in [5.74, 6) is 0.0429. The minimum atomic E-state index is -1.25. The van der Waals surface area contributed by atoms with Gasteiger partial charge in [-0.05, 0) is 50.1 Å². The van der Waals surface area contributed by atoms with Gasteiger partial charge in [0.1, 0.15) is 5.67 Å². The Bertz CT molecular complexity index is 414. The number of rotatable bonds is 3. The van der Waals surface area contributed by atoms with Crippen molar-refractivity contribution in [3.63, 3.8) is 0 Å². The zero-order valence-electron chi connectivity index (χ0n) is 10.5. The third-order valence-electron chi connectivity index (χ3n) is 3.69. The van der Waals surface area contributed by atoms with Gasteiger partial charge in [-0.2, -0.15) is 0 Å². The van der Waals surface area contributed by atoms with Crippen LogP contribution in [0.5, 0.6) is 0 Å². The van der Waals surface area contributed by atoms with Crippen LogP contribution in [0.4, 0.5) is 4.39 Å². The third-order valence-corrected chi connectivity index (χ3v) is 4.30. The molecule has 2 unspecified atom stereocenters. The molecular formula is C14H18Cl2FN. The van der Waals surface area contributed by atoms with Crippen LogP contribution in [0, 0.1) is 5.92 Å². The summed E-state index contributed by atoms with van der Waals surface area (Å²) in [7, 11) is 0. The van der Waals surface area contributed by atoms with Gasteiger partial charge in [0.2, 0.25) is 0 Å². The SMILES string of the molecule is CC(F)(Cc1cc(Cl)ccc1Cl)C1CCCNC1. The Balaban J connectivity index is 2.13. The second-order valence-electron chi connectivity index (χ2n) is 5.23. The van der Waals surface area contributed by atoms with E-state index in [-0.39, 0.29) is 5.92 Å². The normalized spacial score (nSPS) is 23.7. The predicted octanol–water partition coefficient (Wildman–Crippen LogP) is 4.26. The zero-order valence-corrected chi connectivity index (χ0v) is 12.0. The highest BCUT2D eigenvalue weighted by Crippen LogP contribution is 2.34. The fraction of sp³-hybridized carbons (Fsp3) is 0.571. The molecular weight excluding hydrogens is 272 g/mol. The van der Waals surface area contributed by atoms with Crippen molar-refractivity contribution in [2.45, 2.75) is 31.9 Å². The van der Waals surface area contributed by atoms with E-state index in [0.29, 0.717) is 16.5 Å². The van der Waals surface area contributed by atoms with Gasteiger partial charge in [-0.25, -0.2) is 4.39 Å². The molecule has 0 aliphatic carbocycles. The molecule has 1 fully saturated rings. The summed E-state index contributed by atoms with van der Waals surface area (Å²) in [5.41, 5.74) is -0.457. The first kappa shape index (κ1) is 14.1. The van der Waals surface area contributed by atoms with Gasteiger partial charge in [-0.15, -0.1) is 0 Å². The Hall–Kier alpha value is -0.310. The summed E-state index contributed by atoms with van der Waals surface area (Å²) >= 11 is 12.0. The van der Waals surface area contributed by atoms with E-state index in [4.69, 9.17) is 23.2 Å². The topological polar surface area (TPSA) is 12.0 Å². The molecule has 4 heteroatoms. The molecule has 1 aliphatic heterocycles. The van der Waals surface area contributed by atoms with Crippen molar-refractivity contribution in [1.82, 2.24) is 5.32 Å². The van der Waals surface area contributed by atoms with E-state index in [1.807, 2.05) is 0 Å². The molecule has 100 valence electrons. The summed E-state index contributed by atoms with van der Waals surface area (Å²) in [6.07, 6.45) is 2.28. The number of benzene rings is 1. The fourth-order valence-corrected chi connectivity index (χ4v) is 2.94. The molecule has 1 saturated heterocycles. The first-order valence-corrected chi connectivity index (χ1v) is 7.08. The molecule has 1 nitrogen and oxygen atoms in total. The summed E-state index contributed by atoms with van der Waals surface area (Å²) in [5, 5.41) is 4.45. The number of hydrogen-bond donors (Lipinski definition) is 1. The lowest BCUT2D eigenvalue weighted by atomic mass is 9.81. The van der Waals surface area contributed by atoms with Gasteiger partial charge in [-0.3, -0.25) is 0 Å². The maximum absolute atomic E-state index is 14.8. The van der Waals surface area contributed by atoms with Crippen LogP contribution in [-0.2, 0) is 6.42 Å². The van der Waals surface area contributed by atoms with Gasteiger partial charge in [0.25, 0.3) is 0 Å². The van der Waals surface area contributed by atoms with Gasteiger partial charge in [0.15, 0.2) is 0 Å². The molecule has 18 heavy (non-hydrogen) atoms. The van der Waals surface area contributed by atoms with Crippen molar-refractivity contribution >= 4 is 23.2 Å². The minimum absolute atomic E-state index is 0.0429. The van der Waals surface area contributed by atoms with E-state index in [0.717, 1.165) is 31.5 Å². The number of hydrogen-bond acceptors (Lipinski definition) is 1. The molecule has 0 radical (unpaired) electrons. The van der Waals surface area contributed by atoms with Crippen molar-refractivity contribution in [3.05, 3.63) is 33.8 Å². The lowest BCUT2D eigenvalue weighted by molar-refractivity contribution is 0.0834. The van der Waals surface area contributed by atoms with Crippen molar-refractivity contribution in [3.8, 4) is 0 Å². The van der Waals surface area contributed by atoms with E-state index in [1.54, 1.807) is 25.1 Å². The lowest BCUT2D eigenvalue weighted by Crippen LogP contribution is -2.42. The highest BCUT2D eigenvalue weighted by Gasteiger charge is 2.35. The van der Waals surface area contributed by atoms with Crippen LogP contribution in [0.15, 0.2) is 18.2 Å². The molecule has 0 amide bonds. The molecule has 1 aromatic carbocycles. The monoisotopic (exact) mass is 289 g/mol. The van der Waals surface area contributed by atoms with Crippen LogP contribution >= 0.6 is 23.2 Å². The van der Waals surface area contributed by atoms with E-state index in [2.05, 4.69) is 5.32 Å². The summed E-state index contributed by atoms with van der Waals surface area (Å²) in [6, 6.07) is 5.22. The van der Waals surface area contributed by atoms with Gasteiger partial charge < -0.3 is 5.32 Å². The summed E-state index contributed by atoms with van der Waals surface area (Å²) < 4.78 is 14.8. The van der Waals surface area contributed by atoms with Crippen LogP contribution < -0.4 is 5.32 Å². The summed E-state index contributed by atoms with van der Waals surface area (Å²) in [6.45, 7) is 3.40. The predicted molar refractivity (Wildman–Crippen MR) is 75.3 cm³/mol. The lowest BCUT2D eigenvalue weighted by Gasteiger charge is -2.34. The fourth-order valence-electron chi connectivity index (χ4n) is 2.56. The van der Waals surface area contributed by atoms with Gasteiger partial charge in [0, 0.05) is 28.9 Å². The molecule has 1 heterocycles. The second kappa shape index (κ2) is 5.77. The zero-order chi connectivity index (χ0) is 13.2. The maximum Gasteiger partial charge on any atom is 0.116 e. The Labute approximate surface area is 118 Å². The van der Waals surface area contributed by atoms with Gasteiger partial charge in [-0.1, -0.05) is 23.2 Å². The Morgan fingerprint density at radius 1 is 1.44 bits per heavy atom. The number of piperidine rings is 1. The average Bonchev–Trinajstić information content (AvgIpc) is 2.35. The first-order chi connectivity index (χ1) is 8.49. The Morgan fingerprint density at radius 3 is 2.89 bits per heavy atom. The van der Waals surface area contributed by atoms with Crippen LogP contribution in [0.25, 0.3) is 0 Å². The standard InChI is InChI=1S/C14H18Cl2FN/c1-14(17,11-3-2-6-18-9-11)8-10-7-12(15)4-5-13(10)16/h4-5,7,11,18H,2-3,6,8-9H2,1H3. The highest BCUT2D eigenvalue weighted by molar-refractivity contribution is 6.33. The van der Waals surface area contributed by atoms with Crippen molar-refractivity contribution < 1.29 is 4.39 Å². The van der Waals surface area contributed by atoms with Crippen LogP contribution in [0.2, 0.25) is 10.0 Å². The van der Waals surface area contributed by atoms with Gasteiger partial charge in [0.05, 0.1) is 0 Å². The maximum atomic E-state index is 14.8.